The fourth-order valence-corrected chi connectivity index (χ4v) is 5.10. The maximum Gasteiger partial charge on any atom is 0.272 e. The molecule has 1 amide bonds. The van der Waals surface area contributed by atoms with Crippen LogP contribution < -0.4 is 14.8 Å². The second-order valence-electron chi connectivity index (χ2n) is 8.02. The number of fused-ring (bicyclic) bond motifs is 1. The van der Waals surface area contributed by atoms with E-state index in [1.807, 2.05) is 0 Å². The topological polar surface area (TPSA) is 125 Å². The minimum absolute atomic E-state index is 0.0288. The minimum Gasteiger partial charge on any atom is -0.482 e. The van der Waals surface area contributed by atoms with Crippen molar-refractivity contribution in [3.05, 3.63) is 41.3 Å². The molecule has 0 spiro atoms. The molecule has 4 rings (SSSR count). The Morgan fingerprint density at radius 1 is 1.35 bits per heavy atom. The summed E-state index contributed by atoms with van der Waals surface area (Å²) in [5.74, 6) is -0.835. The fraction of sp³-hybridized carbons (Fsp3) is 0.400. The molecule has 182 valence electrons. The standard InChI is InChI=1S/C20H20ClF2N5O5S/c1-34(30,31)11-20(5-2-6-20)26-18(29)13-9-28-16(25-13)3-4-17(27-28)33-19-14(32-10-15(22)23)7-12(21)8-24-19/h3-4,7-9,15H,2,5-6,10-11H2,1H3,(H,26,29). The first-order valence-electron chi connectivity index (χ1n) is 10.1. The minimum atomic E-state index is -3.28. The zero-order valence-electron chi connectivity index (χ0n) is 17.9. The first kappa shape index (κ1) is 24.1. The van der Waals surface area contributed by atoms with E-state index in [9.17, 15) is 22.0 Å². The number of nitrogens with zero attached hydrogens (tertiary/aromatic N) is 4. The van der Waals surface area contributed by atoms with Crippen LogP contribution in [0.5, 0.6) is 17.5 Å². The molecule has 0 radical (unpaired) electrons. The monoisotopic (exact) mass is 515 g/mol. The molecule has 3 heterocycles. The lowest BCUT2D eigenvalue weighted by atomic mass is 9.78. The summed E-state index contributed by atoms with van der Waals surface area (Å²) in [4.78, 5) is 20.9. The van der Waals surface area contributed by atoms with Crippen LogP contribution in [0.25, 0.3) is 5.65 Å². The summed E-state index contributed by atoms with van der Waals surface area (Å²) in [5.41, 5.74) is -0.409. The third-order valence-electron chi connectivity index (χ3n) is 5.11. The summed E-state index contributed by atoms with van der Waals surface area (Å²) in [6, 6.07) is 4.27. The Morgan fingerprint density at radius 3 is 2.76 bits per heavy atom. The number of carbonyl (C=O) groups is 1. The summed E-state index contributed by atoms with van der Waals surface area (Å²) in [6.45, 7) is -0.869. The first-order valence-corrected chi connectivity index (χ1v) is 12.6. The quantitative estimate of drug-likeness (QED) is 0.461. The van der Waals surface area contributed by atoms with E-state index in [1.165, 1.54) is 35.1 Å². The van der Waals surface area contributed by atoms with Gasteiger partial charge in [0.15, 0.2) is 11.4 Å². The van der Waals surface area contributed by atoms with Gasteiger partial charge in [0, 0.05) is 24.6 Å². The van der Waals surface area contributed by atoms with E-state index in [0.29, 0.717) is 18.5 Å². The molecule has 0 aliphatic heterocycles. The van der Waals surface area contributed by atoms with E-state index in [0.717, 1.165) is 12.7 Å². The molecule has 1 N–H and O–H groups in total. The van der Waals surface area contributed by atoms with Gasteiger partial charge in [-0.3, -0.25) is 4.79 Å². The van der Waals surface area contributed by atoms with Gasteiger partial charge in [0.25, 0.3) is 18.2 Å². The van der Waals surface area contributed by atoms with Crippen LogP contribution in [0, 0.1) is 0 Å². The number of imidazole rings is 1. The highest BCUT2D eigenvalue weighted by atomic mass is 35.5. The van der Waals surface area contributed by atoms with Crippen LogP contribution in [-0.2, 0) is 9.84 Å². The Morgan fingerprint density at radius 2 is 2.12 bits per heavy atom. The van der Waals surface area contributed by atoms with E-state index >= 15 is 0 Å². The predicted molar refractivity (Wildman–Crippen MR) is 118 cm³/mol. The van der Waals surface area contributed by atoms with Gasteiger partial charge in [-0.15, -0.1) is 5.10 Å². The number of halogens is 3. The number of pyridine rings is 1. The lowest BCUT2D eigenvalue weighted by Crippen LogP contribution is -2.57. The van der Waals surface area contributed by atoms with E-state index in [2.05, 4.69) is 20.4 Å². The van der Waals surface area contributed by atoms with Crippen LogP contribution >= 0.6 is 11.6 Å². The third-order valence-corrected chi connectivity index (χ3v) is 6.39. The van der Waals surface area contributed by atoms with Crippen molar-refractivity contribution in [1.82, 2.24) is 24.9 Å². The van der Waals surface area contributed by atoms with Crippen LogP contribution in [0.1, 0.15) is 29.8 Å². The van der Waals surface area contributed by atoms with Crippen LogP contribution in [0.4, 0.5) is 8.78 Å². The number of carbonyl (C=O) groups excluding carboxylic acids is 1. The summed E-state index contributed by atoms with van der Waals surface area (Å²) in [7, 11) is -3.28. The van der Waals surface area contributed by atoms with Gasteiger partial charge in [0.1, 0.15) is 22.1 Å². The number of sulfone groups is 1. The molecular formula is C20H20ClF2N5O5S. The zero-order valence-corrected chi connectivity index (χ0v) is 19.4. The van der Waals surface area contributed by atoms with Crippen LogP contribution in [0.2, 0.25) is 5.02 Å². The highest BCUT2D eigenvalue weighted by molar-refractivity contribution is 7.90. The van der Waals surface area contributed by atoms with Gasteiger partial charge >= 0.3 is 0 Å². The zero-order chi connectivity index (χ0) is 24.5. The second kappa shape index (κ2) is 9.29. The molecule has 10 nitrogen and oxygen atoms in total. The number of hydrogen-bond donors (Lipinski definition) is 1. The summed E-state index contributed by atoms with van der Waals surface area (Å²) < 4.78 is 60.4. The van der Waals surface area contributed by atoms with Crippen molar-refractivity contribution in [3.63, 3.8) is 0 Å². The maximum atomic E-state index is 12.7. The van der Waals surface area contributed by atoms with Gasteiger partial charge in [0.05, 0.1) is 22.5 Å². The number of amides is 1. The van der Waals surface area contributed by atoms with E-state index in [4.69, 9.17) is 21.1 Å². The Hall–Kier alpha value is -3.06. The van der Waals surface area contributed by atoms with Crippen molar-refractivity contribution < 1.29 is 31.5 Å². The molecule has 0 aromatic carbocycles. The number of alkyl halides is 2. The number of nitrogens with one attached hydrogen (secondary N) is 1. The van der Waals surface area contributed by atoms with Crippen LogP contribution in [-0.4, -0.2) is 64.5 Å². The Labute approximate surface area is 198 Å². The van der Waals surface area contributed by atoms with Crippen molar-refractivity contribution in [3.8, 4) is 17.5 Å². The Kier molecular flexibility index (Phi) is 6.58. The van der Waals surface area contributed by atoms with Crippen LogP contribution in [0.15, 0.2) is 30.6 Å². The molecule has 1 saturated carbocycles. The molecule has 1 aliphatic carbocycles. The Balaban J connectivity index is 1.52. The average Bonchev–Trinajstić information content (AvgIpc) is 3.15. The highest BCUT2D eigenvalue weighted by Gasteiger charge is 2.41. The molecule has 0 bridgehead atoms. The van der Waals surface area contributed by atoms with Gasteiger partial charge in [-0.2, -0.15) is 0 Å². The second-order valence-corrected chi connectivity index (χ2v) is 10.6. The van der Waals surface area contributed by atoms with Crippen molar-refractivity contribution in [1.29, 1.82) is 0 Å². The molecule has 0 saturated heterocycles. The highest BCUT2D eigenvalue weighted by Crippen LogP contribution is 2.34. The predicted octanol–water partition coefficient (Wildman–Crippen LogP) is 2.91. The van der Waals surface area contributed by atoms with Gasteiger partial charge < -0.3 is 14.8 Å². The van der Waals surface area contributed by atoms with Gasteiger partial charge in [-0.25, -0.2) is 31.7 Å². The normalized spacial score (nSPS) is 15.2. The van der Waals surface area contributed by atoms with E-state index in [-0.39, 0.29) is 34.0 Å². The SMILES string of the molecule is CS(=O)(=O)CC1(NC(=O)c2cn3nc(Oc4ncc(Cl)cc4OCC(F)F)ccc3n2)CCC1. The lowest BCUT2D eigenvalue weighted by Gasteiger charge is -2.41. The lowest BCUT2D eigenvalue weighted by molar-refractivity contribution is 0.0803. The number of hydrogen-bond acceptors (Lipinski definition) is 8. The van der Waals surface area contributed by atoms with E-state index < -0.39 is 34.3 Å². The molecule has 1 aliphatic rings. The largest absolute Gasteiger partial charge is 0.482 e. The average molecular weight is 516 g/mol. The maximum absolute atomic E-state index is 12.7. The molecule has 34 heavy (non-hydrogen) atoms. The van der Waals surface area contributed by atoms with Gasteiger partial charge in [-0.1, -0.05) is 11.6 Å². The van der Waals surface area contributed by atoms with Crippen molar-refractivity contribution in [2.75, 3.05) is 18.6 Å². The van der Waals surface area contributed by atoms with Gasteiger partial charge in [-0.05, 0) is 25.3 Å². The number of aromatic nitrogens is 4. The Bertz CT molecular complexity index is 1330. The molecule has 3 aromatic heterocycles. The molecular weight excluding hydrogens is 496 g/mol. The number of rotatable bonds is 9. The molecule has 14 heteroatoms. The summed E-state index contributed by atoms with van der Waals surface area (Å²) >= 11 is 5.86. The smallest absolute Gasteiger partial charge is 0.272 e. The molecule has 3 aromatic rings. The molecule has 0 unspecified atom stereocenters. The third kappa shape index (κ3) is 5.70. The molecule has 1 fully saturated rings. The number of ether oxygens (including phenoxy) is 2. The van der Waals surface area contributed by atoms with E-state index in [1.54, 1.807) is 0 Å². The summed E-state index contributed by atoms with van der Waals surface area (Å²) in [5, 5.41) is 7.17. The van der Waals surface area contributed by atoms with Crippen molar-refractivity contribution >= 4 is 33.0 Å². The first-order chi connectivity index (χ1) is 16.0. The van der Waals surface area contributed by atoms with Crippen molar-refractivity contribution in [2.45, 2.75) is 31.2 Å². The fourth-order valence-electron chi connectivity index (χ4n) is 3.58. The summed E-state index contributed by atoms with van der Waals surface area (Å²) in [6.07, 6.45) is 3.03. The van der Waals surface area contributed by atoms with Gasteiger partial charge in [0.2, 0.25) is 5.88 Å². The molecule has 0 atom stereocenters. The van der Waals surface area contributed by atoms with Crippen molar-refractivity contribution in [2.24, 2.45) is 0 Å². The van der Waals surface area contributed by atoms with Crippen LogP contribution in [0.3, 0.4) is 0 Å².